The molecule has 0 radical (unpaired) electrons. The van der Waals surface area contributed by atoms with Crippen molar-refractivity contribution in [1.82, 2.24) is 4.72 Å². The summed E-state index contributed by atoms with van der Waals surface area (Å²) in [7, 11) is -1.95. The van der Waals surface area contributed by atoms with E-state index < -0.39 is 10.0 Å². The predicted molar refractivity (Wildman–Crippen MR) is 111 cm³/mol. The highest BCUT2D eigenvalue weighted by Crippen LogP contribution is 2.45. The Hall–Kier alpha value is -2.34. The third-order valence-corrected chi connectivity index (χ3v) is 6.74. The van der Waals surface area contributed by atoms with Crippen LogP contribution in [0.25, 0.3) is 11.1 Å². The normalized spacial score (nSPS) is 18.6. The molecule has 144 valence electrons. The van der Waals surface area contributed by atoms with Crippen LogP contribution < -0.4 is 9.46 Å². The van der Waals surface area contributed by atoms with E-state index in [1.54, 1.807) is 19.2 Å². The first kappa shape index (κ1) is 19.0. The van der Waals surface area contributed by atoms with Gasteiger partial charge in [0.1, 0.15) is 5.75 Å². The molecule has 1 N–H and O–H groups in total. The SMILES string of the molecule is COc1ccccc1[C@@H]1C[C@H]1NS(=O)(=O)c1ccc(-c2ccc(Cl)cc2)cc1. The standard InChI is InChI=1S/C22H20ClNO3S/c1-27-22-5-3-2-4-19(22)20-14-21(20)24-28(25,26)18-12-8-16(9-13-18)15-6-10-17(23)11-7-15/h2-13,20-21,24H,14H2,1H3/t20-,21+/m0/s1. The van der Waals surface area contributed by atoms with E-state index in [1.165, 1.54) is 0 Å². The largest absolute Gasteiger partial charge is 0.496 e. The van der Waals surface area contributed by atoms with Crippen molar-refractivity contribution in [2.75, 3.05) is 7.11 Å². The van der Waals surface area contributed by atoms with Crippen LogP contribution in [0.3, 0.4) is 0 Å². The van der Waals surface area contributed by atoms with Crippen LogP contribution in [0.2, 0.25) is 5.02 Å². The molecular formula is C22H20ClNO3S. The van der Waals surface area contributed by atoms with Crippen LogP contribution in [-0.2, 0) is 10.0 Å². The fourth-order valence-corrected chi connectivity index (χ4v) is 4.79. The Morgan fingerprint density at radius 2 is 1.54 bits per heavy atom. The first-order valence-corrected chi connectivity index (χ1v) is 10.9. The van der Waals surface area contributed by atoms with Crippen molar-refractivity contribution < 1.29 is 13.2 Å². The number of rotatable bonds is 6. The lowest BCUT2D eigenvalue weighted by atomic mass is 10.1. The predicted octanol–water partition coefficient (Wildman–Crippen LogP) is 4.85. The van der Waals surface area contributed by atoms with E-state index >= 15 is 0 Å². The van der Waals surface area contributed by atoms with E-state index in [0.29, 0.717) is 5.02 Å². The molecule has 1 aliphatic carbocycles. The lowest BCUT2D eigenvalue weighted by Gasteiger charge is -2.10. The fourth-order valence-electron chi connectivity index (χ4n) is 3.38. The third-order valence-electron chi connectivity index (χ3n) is 4.98. The van der Waals surface area contributed by atoms with E-state index in [2.05, 4.69) is 4.72 Å². The number of para-hydroxylation sites is 1. The van der Waals surface area contributed by atoms with Gasteiger partial charge < -0.3 is 4.74 Å². The molecule has 0 unspecified atom stereocenters. The Balaban J connectivity index is 1.48. The first-order chi connectivity index (χ1) is 13.5. The van der Waals surface area contributed by atoms with Gasteiger partial charge in [0.2, 0.25) is 10.0 Å². The van der Waals surface area contributed by atoms with Gasteiger partial charge in [-0.3, -0.25) is 0 Å². The average Bonchev–Trinajstić information content (AvgIpc) is 3.46. The molecule has 0 heterocycles. The second-order valence-corrected chi connectivity index (χ2v) is 8.99. The average molecular weight is 414 g/mol. The summed E-state index contributed by atoms with van der Waals surface area (Å²) >= 11 is 5.92. The van der Waals surface area contributed by atoms with E-state index in [1.807, 2.05) is 60.7 Å². The Morgan fingerprint density at radius 3 is 2.18 bits per heavy atom. The highest BCUT2D eigenvalue weighted by Gasteiger charge is 2.42. The van der Waals surface area contributed by atoms with E-state index in [4.69, 9.17) is 16.3 Å². The maximum atomic E-state index is 12.7. The van der Waals surface area contributed by atoms with Crippen molar-refractivity contribution in [2.24, 2.45) is 0 Å². The number of sulfonamides is 1. The van der Waals surface area contributed by atoms with Gasteiger partial charge in [-0.2, -0.15) is 0 Å². The number of ether oxygens (including phenoxy) is 1. The number of benzene rings is 3. The molecule has 1 fully saturated rings. The lowest BCUT2D eigenvalue weighted by molar-refractivity contribution is 0.409. The summed E-state index contributed by atoms with van der Waals surface area (Å²) in [4.78, 5) is 0.260. The fraction of sp³-hybridized carbons (Fsp3) is 0.182. The summed E-state index contributed by atoms with van der Waals surface area (Å²) in [5.74, 6) is 0.931. The topological polar surface area (TPSA) is 55.4 Å². The molecule has 0 amide bonds. The van der Waals surface area contributed by atoms with Gasteiger partial charge in [0.05, 0.1) is 12.0 Å². The molecule has 4 nitrogen and oxygen atoms in total. The second-order valence-electron chi connectivity index (χ2n) is 6.84. The van der Waals surface area contributed by atoms with E-state index in [9.17, 15) is 8.42 Å². The van der Waals surface area contributed by atoms with Crippen LogP contribution in [-0.4, -0.2) is 21.6 Å². The van der Waals surface area contributed by atoms with Gasteiger partial charge in [-0.1, -0.05) is 54.1 Å². The highest BCUT2D eigenvalue weighted by molar-refractivity contribution is 7.89. The quantitative estimate of drug-likeness (QED) is 0.628. The number of hydrogen-bond acceptors (Lipinski definition) is 3. The second kappa shape index (κ2) is 7.59. The molecule has 0 bridgehead atoms. The van der Waals surface area contributed by atoms with Crippen molar-refractivity contribution in [3.63, 3.8) is 0 Å². The third kappa shape index (κ3) is 3.92. The zero-order valence-electron chi connectivity index (χ0n) is 15.3. The van der Waals surface area contributed by atoms with Crippen LogP contribution in [0.5, 0.6) is 5.75 Å². The van der Waals surface area contributed by atoms with Gasteiger partial charge in [-0.15, -0.1) is 0 Å². The Morgan fingerprint density at radius 1 is 0.929 bits per heavy atom. The number of methoxy groups -OCH3 is 1. The zero-order valence-corrected chi connectivity index (χ0v) is 16.9. The first-order valence-electron chi connectivity index (χ1n) is 8.99. The minimum Gasteiger partial charge on any atom is -0.496 e. The maximum Gasteiger partial charge on any atom is 0.240 e. The molecule has 1 saturated carbocycles. The molecule has 6 heteroatoms. The molecule has 28 heavy (non-hydrogen) atoms. The van der Waals surface area contributed by atoms with Crippen LogP contribution >= 0.6 is 11.6 Å². The molecule has 0 aromatic heterocycles. The number of nitrogens with one attached hydrogen (secondary N) is 1. The molecule has 3 aromatic carbocycles. The molecule has 1 aliphatic rings. The number of hydrogen-bond donors (Lipinski definition) is 1. The smallest absolute Gasteiger partial charge is 0.240 e. The van der Waals surface area contributed by atoms with Gasteiger partial charge in [0, 0.05) is 17.0 Å². The van der Waals surface area contributed by atoms with E-state index in [0.717, 1.165) is 28.9 Å². The summed E-state index contributed by atoms with van der Waals surface area (Å²) in [6.45, 7) is 0. The molecule has 4 rings (SSSR count). The summed E-state index contributed by atoms with van der Waals surface area (Å²) in [5, 5.41) is 0.668. The molecule has 2 atom stereocenters. The molecule has 0 spiro atoms. The van der Waals surface area contributed by atoms with Crippen LogP contribution in [0.4, 0.5) is 0 Å². The summed E-state index contributed by atoms with van der Waals surface area (Å²) in [5.41, 5.74) is 2.96. The minimum absolute atomic E-state index is 0.114. The minimum atomic E-state index is -3.58. The van der Waals surface area contributed by atoms with Crippen LogP contribution in [0.15, 0.2) is 77.7 Å². The Kier molecular flexibility index (Phi) is 5.15. The van der Waals surface area contributed by atoms with Crippen LogP contribution in [0, 0.1) is 0 Å². The molecule has 0 saturated heterocycles. The summed E-state index contributed by atoms with van der Waals surface area (Å²) in [6.07, 6.45) is 0.766. The van der Waals surface area contributed by atoms with Gasteiger partial charge in [0.25, 0.3) is 0 Å². The van der Waals surface area contributed by atoms with Gasteiger partial charge in [-0.05, 0) is 53.4 Å². The zero-order chi connectivity index (χ0) is 19.7. The van der Waals surface area contributed by atoms with Gasteiger partial charge >= 0.3 is 0 Å². The Labute approximate surface area is 170 Å². The van der Waals surface area contributed by atoms with Crippen molar-refractivity contribution in [2.45, 2.75) is 23.3 Å². The summed E-state index contributed by atoms with van der Waals surface area (Å²) in [6, 6.07) is 21.9. The monoisotopic (exact) mass is 413 g/mol. The van der Waals surface area contributed by atoms with Crippen LogP contribution in [0.1, 0.15) is 17.9 Å². The molecular weight excluding hydrogens is 394 g/mol. The molecule has 3 aromatic rings. The van der Waals surface area contributed by atoms with E-state index in [-0.39, 0.29) is 16.9 Å². The summed E-state index contributed by atoms with van der Waals surface area (Å²) < 4.78 is 33.7. The molecule has 0 aliphatic heterocycles. The van der Waals surface area contributed by atoms with Crippen molar-refractivity contribution in [1.29, 1.82) is 0 Å². The number of halogens is 1. The highest BCUT2D eigenvalue weighted by atomic mass is 35.5. The maximum absolute atomic E-state index is 12.7. The van der Waals surface area contributed by atoms with Crippen molar-refractivity contribution in [3.8, 4) is 16.9 Å². The Bertz CT molecular complexity index is 1080. The van der Waals surface area contributed by atoms with Gasteiger partial charge in [0.15, 0.2) is 0 Å². The lowest BCUT2D eigenvalue weighted by Crippen LogP contribution is -2.26. The van der Waals surface area contributed by atoms with Gasteiger partial charge in [-0.25, -0.2) is 13.1 Å². The van der Waals surface area contributed by atoms with Crippen molar-refractivity contribution in [3.05, 3.63) is 83.4 Å². The van der Waals surface area contributed by atoms with Crippen molar-refractivity contribution >= 4 is 21.6 Å².